The van der Waals surface area contributed by atoms with Crippen LogP contribution in [0.5, 0.6) is 5.75 Å². The fourth-order valence-corrected chi connectivity index (χ4v) is 2.19. The van der Waals surface area contributed by atoms with E-state index in [4.69, 9.17) is 4.74 Å². The lowest BCUT2D eigenvalue weighted by molar-refractivity contribution is -0.143. The summed E-state index contributed by atoms with van der Waals surface area (Å²) in [5.74, 6) is -0.0801. The number of carbonyl (C=O) groups is 1. The predicted molar refractivity (Wildman–Crippen MR) is 68.8 cm³/mol. The number of benzene rings is 1. The minimum Gasteiger partial charge on any atom is -0.494 e. The van der Waals surface area contributed by atoms with Crippen LogP contribution in [0, 0.1) is 0 Å². The molecule has 98 valence electrons. The monoisotopic (exact) mass is 249 g/mol. The van der Waals surface area contributed by atoms with E-state index in [0.717, 1.165) is 24.2 Å². The molecule has 0 saturated heterocycles. The Morgan fingerprint density at radius 3 is 2.83 bits per heavy atom. The van der Waals surface area contributed by atoms with Crippen molar-refractivity contribution in [1.29, 1.82) is 0 Å². The van der Waals surface area contributed by atoms with E-state index in [0.29, 0.717) is 12.6 Å². The number of nitrogens with zero attached hydrogens (tertiary/aromatic N) is 1. The van der Waals surface area contributed by atoms with E-state index in [9.17, 15) is 9.90 Å². The van der Waals surface area contributed by atoms with Gasteiger partial charge in [-0.3, -0.25) is 9.69 Å². The third-order valence-electron chi connectivity index (χ3n) is 3.25. The van der Waals surface area contributed by atoms with Gasteiger partial charge >= 0.3 is 5.97 Å². The SMILES string of the molecule is CCOc1cccc(C(C(=O)O)N(C)C2CC2)c1. The lowest BCUT2D eigenvalue weighted by Crippen LogP contribution is -2.32. The van der Waals surface area contributed by atoms with Gasteiger partial charge in [0.05, 0.1) is 6.61 Å². The van der Waals surface area contributed by atoms with E-state index in [1.165, 1.54) is 0 Å². The molecule has 0 aromatic heterocycles. The maximum absolute atomic E-state index is 11.5. The standard InChI is InChI=1S/C14H19NO3/c1-3-18-12-6-4-5-10(9-12)13(14(16)17)15(2)11-7-8-11/h4-6,9,11,13H,3,7-8H2,1-2H3,(H,16,17). The molecule has 2 rings (SSSR count). The summed E-state index contributed by atoms with van der Waals surface area (Å²) in [4.78, 5) is 13.4. The molecule has 0 amide bonds. The fraction of sp³-hybridized carbons (Fsp3) is 0.500. The second-order valence-electron chi connectivity index (χ2n) is 4.64. The average Bonchev–Trinajstić information content (AvgIpc) is 3.13. The van der Waals surface area contributed by atoms with Crippen LogP contribution in [-0.2, 0) is 4.79 Å². The van der Waals surface area contributed by atoms with Crippen LogP contribution in [0.3, 0.4) is 0 Å². The number of likely N-dealkylation sites (N-methyl/N-ethyl adjacent to an activating group) is 1. The first-order valence-corrected chi connectivity index (χ1v) is 6.31. The third-order valence-corrected chi connectivity index (χ3v) is 3.25. The van der Waals surface area contributed by atoms with Gasteiger partial charge in [0.2, 0.25) is 0 Å². The van der Waals surface area contributed by atoms with Gasteiger partial charge < -0.3 is 9.84 Å². The van der Waals surface area contributed by atoms with Crippen molar-refractivity contribution in [2.45, 2.75) is 31.8 Å². The van der Waals surface area contributed by atoms with Crippen molar-refractivity contribution in [3.8, 4) is 5.75 Å². The molecule has 1 fully saturated rings. The van der Waals surface area contributed by atoms with Gasteiger partial charge in [0, 0.05) is 6.04 Å². The third kappa shape index (κ3) is 2.82. The number of rotatable bonds is 6. The van der Waals surface area contributed by atoms with Crippen molar-refractivity contribution < 1.29 is 14.6 Å². The summed E-state index contributed by atoms with van der Waals surface area (Å²) in [5, 5.41) is 9.41. The highest BCUT2D eigenvalue weighted by molar-refractivity contribution is 5.75. The second-order valence-corrected chi connectivity index (χ2v) is 4.64. The van der Waals surface area contributed by atoms with Crippen molar-refractivity contribution in [3.63, 3.8) is 0 Å². The summed E-state index contributed by atoms with van der Waals surface area (Å²) in [6.45, 7) is 2.50. The van der Waals surface area contributed by atoms with E-state index in [1.54, 1.807) is 0 Å². The Balaban J connectivity index is 2.24. The quantitative estimate of drug-likeness (QED) is 0.840. The van der Waals surface area contributed by atoms with Crippen LogP contribution in [0.15, 0.2) is 24.3 Å². The van der Waals surface area contributed by atoms with Gasteiger partial charge in [0.15, 0.2) is 0 Å². The average molecular weight is 249 g/mol. The van der Waals surface area contributed by atoms with Gasteiger partial charge in [-0.25, -0.2) is 0 Å². The molecule has 1 aliphatic carbocycles. The minimum atomic E-state index is -0.807. The van der Waals surface area contributed by atoms with Gasteiger partial charge in [-0.1, -0.05) is 12.1 Å². The molecular formula is C14H19NO3. The summed E-state index contributed by atoms with van der Waals surface area (Å²) < 4.78 is 5.42. The number of aliphatic carboxylic acids is 1. The molecule has 0 spiro atoms. The van der Waals surface area contributed by atoms with Crippen LogP contribution in [0.25, 0.3) is 0 Å². The minimum absolute atomic E-state index is 0.404. The van der Waals surface area contributed by atoms with Crippen LogP contribution < -0.4 is 4.74 Å². The molecule has 4 heteroatoms. The topological polar surface area (TPSA) is 49.8 Å². The number of ether oxygens (including phenoxy) is 1. The summed E-state index contributed by atoms with van der Waals surface area (Å²) in [7, 11) is 1.88. The van der Waals surface area contributed by atoms with E-state index in [2.05, 4.69) is 0 Å². The zero-order chi connectivity index (χ0) is 13.1. The maximum atomic E-state index is 11.5. The number of hydrogen-bond acceptors (Lipinski definition) is 3. The van der Waals surface area contributed by atoms with Crippen molar-refractivity contribution in [2.24, 2.45) is 0 Å². The molecule has 1 aromatic rings. The van der Waals surface area contributed by atoms with Crippen LogP contribution in [0.4, 0.5) is 0 Å². The van der Waals surface area contributed by atoms with E-state index in [1.807, 2.05) is 43.1 Å². The van der Waals surface area contributed by atoms with Gasteiger partial charge in [0.1, 0.15) is 11.8 Å². The van der Waals surface area contributed by atoms with Crippen molar-refractivity contribution >= 4 is 5.97 Å². The molecule has 1 N–H and O–H groups in total. The molecule has 0 aliphatic heterocycles. The first-order valence-electron chi connectivity index (χ1n) is 6.31. The molecule has 0 heterocycles. The molecule has 0 bridgehead atoms. The normalized spacial score (nSPS) is 16.6. The Labute approximate surface area is 107 Å². The molecule has 0 radical (unpaired) electrons. The first-order chi connectivity index (χ1) is 8.63. The second kappa shape index (κ2) is 5.40. The molecule has 1 aliphatic rings. The molecule has 4 nitrogen and oxygen atoms in total. The fourth-order valence-electron chi connectivity index (χ4n) is 2.19. The summed E-state index contributed by atoms with van der Waals surface area (Å²) >= 11 is 0. The van der Waals surface area contributed by atoms with Gasteiger partial charge in [0.25, 0.3) is 0 Å². The van der Waals surface area contributed by atoms with E-state index >= 15 is 0 Å². The van der Waals surface area contributed by atoms with Crippen molar-refractivity contribution in [2.75, 3.05) is 13.7 Å². The smallest absolute Gasteiger partial charge is 0.325 e. The van der Waals surface area contributed by atoms with E-state index in [-0.39, 0.29) is 0 Å². The zero-order valence-electron chi connectivity index (χ0n) is 10.8. The van der Waals surface area contributed by atoms with Gasteiger partial charge in [-0.05, 0) is 44.5 Å². The molecule has 18 heavy (non-hydrogen) atoms. The number of carboxylic acid groups (broad SMARTS) is 1. The predicted octanol–water partition coefficient (Wildman–Crippen LogP) is 2.31. The van der Waals surface area contributed by atoms with E-state index < -0.39 is 12.0 Å². The maximum Gasteiger partial charge on any atom is 0.325 e. The van der Waals surface area contributed by atoms with Crippen LogP contribution in [-0.4, -0.2) is 35.7 Å². The van der Waals surface area contributed by atoms with Gasteiger partial charge in [-0.2, -0.15) is 0 Å². The molecule has 1 saturated carbocycles. The zero-order valence-corrected chi connectivity index (χ0v) is 10.8. The lowest BCUT2D eigenvalue weighted by Gasteiger charge is -2.25. The Hall–Kier alpha value is -1.55. The van der Waals surface area contributed by atoms with Crippen molar-refractivity contribution in [1.82, 2.24) is 4.90 Å². The summed E-state index contributed by atoms with van der Waals surface area (Å²) in [6, 6.07) is 7.18. The highest BCUT2D eigenvalue weighted by atomic mass is 16.5. The Morgan fingerprint density at radius 1 is 1.56 bits per heavy atom. The Morgan fingerprint density at radius 2 is 2.28 bits per heavy atom. The van der Waals surface area contributed by atoms with Crippen LogP contribution >= 0.6 is 0 Å². The molecule has 1 aromatic carbocycles. The number of carboxylic acids is 1. The number of hydrogen-bond donors (Lipinski definition) is 1. The highest BCUT2D eigenvalue weighted by Gasteiger charge is 2.35. The van der Waals surface area contributed by atoms with Crippen molar-refractivity contribution in [3.05, 3.63) is 29.8 Å². The van der Waals surface area contributed by atoms with Crippen LogP contribution in [0.1, 0.15) is 31.4 Å². The molecule has 1 unspecified atom stereocenters. The largest absolute Gasteiger partial charge is 0.494 e. The van der Waals surface area contributed by atoms with Gasteiger partial charge in [-0.15, -0.1) is 0 Å². The lowest BCUT2D eigenvalue weighted by atomic mass is 10.1. The Kier molecular flexibility index (Phi) is 3.87. The molecular weight excluding hydrogens is 230 g/mol. The summed E-state index contributed by atoms with van der Waals surface area (Å²) in [6.07, 6.45) is 2.18. The summed E-state index contributed by atoms with van der Waals surface area (Å²) in [5.41, 5.74) is 0.780. The first kappa shape index (κ1) is 12.9. The Bertz CT molecular complexity index is 429. The molecule has 1 atom stereocenters. The highest BCUT2D eigenvalue weighted by Crippen LogP contribution is 2.33. The van der Waals surface area contributed by atoms with Crippen LogP contribution in [0.2, 0.25) is 0 Å².